The second kappa shape index (κ2) is 10.00. The van der Waals surface area contributed by atoms with Crippen molar-refractivity contribution >= 4 is 11.9 Å². The third-order valence-corrected chi connectivity index (χ3v) is 4.57. The molecule has 3 rings (SSSR count). The monoisotopic (exact) mass is 436 g/mol. The number of benzene rings is 2. The molecule has 0 aliphatic heterocycles. The highest BCUT2D eigenvalue weighted by Gasteiger charge is 2.20. The molecule has 32 heavy (non-hydrogen) atoms. The number of nitrogens with two attached hydrogens (primary N) is 1. The Bertz CT molecular complexity index is 1050. The Morgan fingerprint density at radius 3 is 2.47 bits per heavy atom. The lowest BCUT2D eigenvalue weighted by molar-refractivity contribution is 0.0521. The molecule has 0 saturated heterocycles. The third-order valence-electron chi connectivity index (χ3n) is 4.57. The molecule has 1 amide bonds. The molecule has 1 unspecified atom stereocenters. The van der Waals surface area contributed by atoms with E-state index in [4.69, 9.17) is 15.2 Å². The lowest BCUT2D eigenvalue weighted by atomic mass is 10.00. The number of rotatable bonds is 7. The number of ether oxygens (including phenoxy) is 2. The summed E-state index contributed by atoms with van der Waals surface area (Å²) in [6.07, 6.45) is -0.495. The van der Waals surface area contributed by atoms with E-state index in [1.165, 1.54) is 0 Å². The van der Waals surface area contributed by atoms with Crippen molar-refractivity contribution in [2.24, 2.45) is 0 Å². The normalized spacial score (nSPS) is 12.1. The molecule has 0 aliphatic rings. The van der Waals surface area contributed by atoms with Gasteiger partial charge in [0, 0.05) is 24.1 Å². The summed E-state index contributed by atoms with van der Waals surface area (Å²) in [6.45, 7) is 5.97. The van der Waals surface area contributed by atoms with E-state index in [1.54, 1.807) is 30.3 Å². The molecule has 3 aromatic rings. The maximum Gasteiger partial charge on any atom is 0.407 e. The minimum Gasteiger partial charge on any atom is -0.507 e. The van der Waals surface area contributed by atoms with E-state index >= 15 is 0 Å². The SMILES string of the molecule is CC(C)(C)OC(=O)NCC(COc1cc(-c2ccccc2O)nnc1N)c1ccccc1. The van der Waals surface area contributed by atoms with E-state index in [1.807, 2.05) is 51.1 Å². The fraction of sp³-hybridized carbons (Fsp3) is 0.292. The van der Waals surface area contributed by atoms with Gasteiger partial charge in [-0.15, -0.1) is 10.2 Å². The first-order valence-electron chi connectivity index (χ1n) is 10.3. The van der Waals surface area contributed by atoms with Gasteiger partial charge >= 0.3 is 6.09 Å². The first-order valence-corrected chi connectivity index (χ1v) is 10.3. The van der Waals surface area contributed by atoms with E-state index in [-0.39, 0.29) is 24.1 Å². The van der Waals surface area contributed by atoms with Gasteiger partial charge < -0.3 is 25.6 Å². The largest absolute Gasteiger partial charge is 0.507 e. The number of carbonyl (C=O) groups is 1. The van der Waals surface area contributed by atoms with Gasteiger partial charge in [-0.1, -0.05) is 42.5 Å². The first kappa shape index (κ1) is 22.9. The first-order chi connectivity index (χ1) is 15.2. The summed E-state index contributed by atoms with van der Waals surface area (Å²) in [4.78, 5) is 12.1. The molecule has 0 spiro atoms. The minimum atomic E-state index is -0.584. The van der Waals surface area contributed by atoms with Gasteiger partial charge in [0.1, 0.15) is 17.0 Å². The van der Waals surface area contributed by atoms with Crippen LogP contribution in [0, 0.1) is 0 Å². The van der Waals surface area contributed by atoms with Crippen molar-refractivity contribution in [3.8, 4) is 22.8 Å². The van der Waals surface area contributed by atoms with Crippen molar-refractivity contribution in [1.82, 2.24) is 15.5 Å². The van der Waals surface area contributed by atoms with E-state index in [0.29, 0.717) is 23.6 Å². The number of nitrogens with one attached hydrogen (secondary N) is 1. The van der Waals surface area contributed by atoms with Crippen molar-refractivity contribution in [2.45, 2.75) is 32.3 Å². The van der Waals surface area contributed by atoms with Crippen LogP contribution in [0.1, 0.15) is 32.3 Å². The summed E-state index contributed by atoms with van der Waals surface area (Å²) in [5.41, 5.74) is 7.34. The molecular weight excluding hydrogens is 408 g/mol. The Hall–Kier alpha value is -3.81. The molecule has 0 aliphatic carbocycles. The summed E-state index contributed by atoms with van der Waals surface area (Å²) in [7, 11) is 0. The molecule has 0 fully saturated rings. The molecule has 0 bridgehead atoms. The maximum absolute atomic E-state index is 12.1. The highest BCUT2D eigenvalue weighted by Crippen LogP contribution is 2.31. The van der Waals surface area contributed by atoms with Crippen LogP contribution in [0.25, 0.3) is 11.3 Å². The molecule has 1 heterocycles. The number of phenols is 1. The fourth-order valence-electron chi connectivity index (χ4n) is 3.03. The maximum atomic E-state index is 12.1. The van der Waals surface area contributed by atoms with Crippen LogP contribution in [0.4, 0.5) is 10.6 Å². The van der Waals surface area contributed by atoms with Gasteiger partial charge in [0.2, 0.25) is 0 Å². The lowest BCUT2D eigenvalue weighted by Gasteiger charge is -2.22. The summed E-state index contributed by atoms with van der Waals surface area (Å²) < 4.78 is 11.3. The highest BCUT2D eigenvalue weighted by atomic mass is 16.6. The molecular formula is C24H28N4O4. The van der Waals surface area contributed by atoms with Gasteiger partial charge in [0.15, 0.2) is 11.6 Å². The van der Waals surface area contributed by atoms with E-state index in [0.717, 1.165) is 5.56 Å². The van der Waals surface area contributed by atoms with Crippen LogP contribution < -0.4 is 15.8 Å². The summed E-state index contributed by atoms with van der Waals surface area (Å²) in [6, 6.07) is 18.2. The molecule has 8 nitrogen and oxygen atoms in total. The van der Waals surface area contributed by atoms with Crippen molar-refractivity contribution in [3.63, 3.8) is 0 Å². The van der Waals surface area contributed by atoms with Crippen LogP contribution >= 0.6 is 0 Å². The van der Waals surface area contributed by atoms with E-state index in [2.05, 4.69) is 15.5 Å². The molecule has 1 atom stereocenters. The molecule has 1 aromatic heterocycles. The standard InChI is InChI=1S/C24H28N4O4/c1-24(2,3)32-23(30)26-14-17(16-9-5-4-6-10-16)15-31-21-13-19(27-28-22(21)25)18-11-7-8-12-20(18)29/h4-13,17,29H,14-15H2,1-3H3,(H2,25,28)(H,26,30). The number of anilines is 1. The van der Waals surface area contributed by atoms with Crippen molar-refractivity contribution < 1.29 is 19.4 Å². The third kappa shape index (κ3) is 6.34. The predicted molar refractivity (Wildman–Crippen MR) is 122 cm³/mol. The Morgan fingerprint density at radius 2 is 1.78 bits per heavy atom. The quantitative estimate of drug-likeness (QED) is 0.510. The second-order valence-corrected chi connectivity index (χ2v) is 8.30. The van der Waals surface area contributed by atoms with Gasteiger partial charge in [-0.05, 0) is 38.5 Å². The topological polar surface area (TPSA) is 120 Å². The van der Waals surface area contributed by atoms with Crippen LogP contribution in [-0.2, 0) is 4.74 Å². The van der Waals surface area contributed by atoms with E-state index in [9.17, 15) is 9.90 Å². The average Bonchev–Trinajstić information content (AvgIpc) is 2.75. The Morgan fingerprint density at radius 1 is 1.09 bits per heavy atom. The smallest absolute Gasteiger partial charge is 0.407 e. The van der Waals surface area contributed by atoms with Crippen LogP contribution in [0.15, 0.2) is 60.7 Å². The summed E-state index contributed by atoms with van der Waals surface area (Å²) in [5.74, 6) is 0.402. The van der Waals surface area contributed by atoms with Crippen LogP contribution in [0.2, 0.25) is 0 Å². The zero-order valence-corrected chi connectivity index (χ0v) is 18.4. The van der Waals surface area contributed by atoms with Crippen molar-refractivity contribution in [2.75, 3.05) is 18.9 Å². The molecule has 0 radical (unpaired) electrons. The van der Waals surface area contributed by atoms with Crippen molar-refractivity contribution in [3.05, 3.63) is 66.2 Å². The number of hydrogen-bond donors (Lipinski definition) is 3. The molecule has 8 heteroatoms. The molecule has 2 aromatic carbocycles. The lowest BCUT2D eigenvalue weighted by Crippen LogP contribution is -2.36. The number of nitrogen functional groups attached to an aromatic ring is 1. The minimum absolute atomic E-state index is 0.0845. The van der Waals surface area contributed by atoms with Crippen LogP contribution in [-0.4, -0.2) is 40.1 Å². The van der Waals surface area contributed by atoms with Gasteiger partial charge in [-0.3, -0.25) is 0 Å². The van der Waals surface area contributed by atoms with Crippen LogP contribution in [0.3, 0.4) is 0 Å². The van der Waals surface area contributed by atoms with Gasteiger partial charge in [-0.25, -0.2) is 4.79 Å². The fourth-order valence-corrected chi connectivity index (χ4v) is 3.03. The van der Waals surface area contributed by atoms with Gasteiger partial charge in [-0.2, -0.15) is 0 Å². The Kier molecular flexibility index (Phi) is 7.14. The number of para-hydroxylation sites is 1. The van der Waals surface area contributed by atoms with E-state index < -0.39 is 11.7 Å². The Balaban J connectivity index is 1.75. The molecule has 0 saturated carbocycles. The number of nitrogens with zero attached hydrogens (tertiary/aromatic N) is 2. The summed E-state index contributed by atoms with van der Waals surface area (Å²) in [5, 5.41) is 20.9. The number of amides is 1. The molecule has 4 N–H and O–H groups in total. The second-order valence-electron chi connectivity index (χ2n) is 8.30. The number of carbonyl (C=O) groups excluding carboxylic acids is 1. The highest BCUT2D eigenvalue weighted by molar-refractivity contribution is 5.69. The Labute approximate surface area is 187 Å². The summed E-state index contributed by atoms with van der Waals surface area (Å²) >= 11 is 0. The van der Waals surface area contributed by atoms with Gasteiger partial charge in [0.05, 0.1) is 6.61 Å². The zero-order valence-electron chi connectivity index (χ0n) is 18.4. The van der Waals surface area contributed by atoms with Crippen molar-refractivity contribution in [1.29, 1.82) is 0 Å². The number of alkyl carbamates (subject to hydrolysis) is 1. The van der Waals surface area contributed by atoms with Gasteiger partial charge in [0.25, 0.3) is 0 Å². The zero-order chi connectivity index (χ0) is 23.1. The molecule has 168 valence electrons. The number of phenolic OH excluding ortho intramolecular Hbond substituents is 1. The number of aromatic nitrogens is 2. The van der Waals surface area contributed by atoms with Crippen LogP contribution in [0.5, 0.6) is 11.5 Å². The average molecular weight is 437 g/mol. The number of hydrogen-bond acceptors (Lipinski definition) is 7. The number of aromatic hydroxyl groups is 1. The predicted octanol–water partition coefficient (Wildman–Crippen LogP) is 4.12.